The average Bonchev–Trinajstić information content (AvgIpc) is 2.36. The molecule has 88 valence electrons. The molecule has 1 aromatic carbocycles. The third kappa shape index (κ3) is 1.95. The number of rotatable bonds is 2. The van der Waals surface area contributed by atoms with Crippen LogP contribution in [0.1, 0.15) is 17.0 Å². The molecule has 17 heavy (non-hydrogen) atoms. The van der Waals surface area contributed by atoms with Crippen molar-refractivity contribution in [3.05, 3.63) is 35.4 Å². The molecule has 3 nitrogen and oxygen atoms in total. The molecule has 1 aromatic rings. The van der Waals surface area contributed by atoms with Crippen LogP contribution in [0.5, 0.6) is 0 Å². The summed E-state index contributed by atoms with van der Waals surface area (Å²) in [6.45, 7) is 3.85. The van der Waals surface area contributed by atoms with Crippen LogP contribution in [0.2, 0.25) is 0 Å². The zero-order chi connectivity index (χ0) is 11.7. The molecule has 3 rings (SSSR count). The molecule has 1 saturated heterocycles. The van der Waals surface area contributed by atoms with Gasteiger partial charge in [0.15, 0.2) is 0 Å². The lowest BCUT2D eigenvalue weighted by Gasteiger charge is -2.38. The molecule has 3 heteroatoms. The topological polar surface area (TPSA) is 39.1 Å². The Kier molecular flexibility index (Phi) is 2.84. The summed E-state index contributed by atoms with van der Waals surface area (Å²) < 4.78 is 0. The van der Waals surface area contributed by atoms with Gasteiger partial charge in [-0.15, -0.1) is 0 Å². The standard InChI is InChI=1S/C14H17N3/c15-8-13-9-16-5-6-17(13)10-12-7-11-3-1-2-4-14(11)12/h1-4,12-13,16H,5-7,9-10H2. The first kappa shape index (κ1) is 10.8. The van der Waals surface area contributed by atoms with Gasteiger partial charge in [0.25, 0.3) is 0 Å². The molecule has 2 aliphatic rings. The summed E-state index contributed by atoms with van der Waals surface area (Å²) in [5.74, 6) is 0.639. The Labute approximate surface area is 102 Å². The summed E-state index contributed by atoms with van der Waals surface area (Å²) in [4.78, 5) is 2.33. The maximum absolute atomic E-state index is 9.13. The van der Waals surface area contributed by atoms with Gasteiger partial charge in [-0.2, -0.15) is 5.26 Å². The maximum Gasteiger partial charge on any atom is 0.110 e. The maximum atomic E-state index is 9.13. The lowest BCUT2D eigenvalue weighted by molar-refractivity contribution is 0.180. The van der Waals surface area contributed by atoms with Crippen molar-refractivity contribution in [2.24, 2.45) is 0 Å². The van der Waals surface area contributed by atoms with E-state index in [9.17, 15) is 0 Å². The minimum absolute atomic E-state index is 0.0523. The molecule has 2 unspecified atom stereocenters. The second kappa shape index (κ2) is 4.48. The summed E-state index contributed by atoms with van der Waals surface area (Å²) in [6.07, 6.45) is 1.18. The van der Waals surface area contributed by atoms with E-state index in [1.165, 1.54) is 17.5 Å². The Balaban J connectivity index is 1.67. The van der Waals surface area contributed by atoms with E-state index in [0.717, 1.165) is 26.2 Å². The highest BCUT2D eigenvalue weighted by Gasteiger charge is 2.30. The van der Waals surface area contributed by atoms with Gasteiger partial charge in [0.1, 0.15) is 6.04 Å². The normalized spacial score (nSPS) is 27.9. The minimum atomic E-state index is 0.0523. The number of nitrogens with zero attached hydrogens (tertiary/aromatic N) is 2. The van der Waals surface area contributed by atoms with Crippen LogP contribution in [-0.2, 0) is 6.42 Å². The van der Waals surface area contributed by atoms with Crippen molar-refractivity contribution >= 4 is 0 Å². The number of nitrogens with one attached hydrogen (secondary N) is 1. The minimum Gasteiger partial charge on any atom is -0.313 e. The zero-order valence-corrected chi connectivity index (χ0v) is 9.89. The van der Waals surface area contributed by atoms with Gasteiger partial charge in [-0.05, 0) is 17.5 Å². The predicted molar refractivity (Wildman–Crippen MR) is 66.7 cm³/mol. The van der Waals surface area contributed by atoms with E-state index < -0.39 is 0 Å². The average molecular weight is 227 g/mol. The fraction of sp³-hybridized carbons (Fsp3) is 0.500. The lowest BCUT2D eigenvalue weighted by Crippen LogP contribution is -2.52. The number of benzene rings is 1. The molecule has 0 radical (unpaired) electrons. The molecular weight excluding hydrogens is 210 g/mol. The third-order valence-electron chi connectivity index (χ3n) is 3.92. The van der Waals surface area contributed by atoms with Crippen LogP contribution in [0.15, 0.2) is 24.3 Å². The summed E-state index contributed by atoms with van der Waals surface area (Å²) >= 11 is 0. The molecule has 0 spiro atoms. The van der Waals surface area contributed by atoms with E-state index in [-0.39, 0.29) is 6.04 Å². The van der Waals surface area contributed by atoms with Gasteiger partial charge < -0.3 is 5.32 Å². The van der Waals surface area contributed by atoms with Crippen molar-refractivity contribution < 1.29 is 0 Å². The summed E-state index contributed by atoms with van der Waals surface area (Å²) in [5, 5.41) is 12.4. The number of fused-ring (bicyclic) bond motifs is 1. The summed E-state index contributed by atoms with van der Waals surface area (Å²) in [5.41, 5.74) is 2.98. The highest BCUT2D eigenvalue weighted by atomic mass is 15.2. The molecule has 1 aliphatic carbocycles. The Hall–Kier alpha value is -1.37. The summed E-state index contributed by atoms with van der Waals surface area (Å²) in [7, 11) is 0. The largest absolute Gasteiger partial charge is 0.313 e. The van der Waals surface area contributed by atoms with Gasteiger partial charge in [0, 0.05) is 32.1 Å². The second-order valence-corrected chi connectivity index (χ2v) is 4.94. The molecule has 1 heterocycles. The van der Waals surface area contributed by atoms with Gasteiger partial charge >= 0.3 is 0 Å². The molecule has 1 aliphatic heterocycles. The van der Waals surface area contributed by atoms with Gasteiger partial charge in [0.05, 0.1) is 6.07 Å². The Morgan fingerprint density at radius 1 is 1.41 bits per heavy atom. The first-order valence-electron chi connectivity index (χ1n) is 6.30. The molecule has 0 aromatic heterocycles. The quantitative estimate of drug-likeness (QED) is 0.823. The molecule has 0 amide bonds. The van der Waals surface area contributed by atoms with Crippen LogP contribution in [0.25, 0.3) is 0 Å². The monoisotopic (exact) mass is 227 g/mol. The molecular formula is C14H17N3. The fourth-order valence-corrected chi connectivity index (χ4v) is 2.90. The highest BCUT2D eigenvalue weighted by molar-refractivity contribution is 5.40. The van der Waals surface area contributed by atoms with Gasteiger partial charge in [-0.3, -0.25) is 4.90 Å². The Morgan fingerprint density at radius 3 is 3.12 bits per heavy atom. The lowest BCUT2D eigenvalue weighted by atomic mass is 9.77. The molecule has 2 atom stereocenters. The van der Waals surface area contributed by atoms with Crippen molar-refractivity contribution in [2.75, 3.05) is 26.2 Å². The van der Waals surface area contributed by atoms with Crippen LogP contribution in [0.4, 0.5) is 0 Å². The number of hydrogen-bond donors (Lipinski definition) is 1. The molecule has 0 saturated carbocycles. The predicted octanol–water partition coefficient (Wildman–Crippen LogP) is 1.12. The SMILES string of the molecule is N#CC1CNCCN1CC1Cc2ccccc21. The van der Waals surface area contributed by atoms with Crippen molar-refractivity contribution in [1.29, 1.82) is 5.26 Å². The van der Waals surface area contributed by atoms with Crippen LogP contribution in [0.3, 0.4) is 0 Å². The fourth-order valence-electron chi connectivity index (χ4n) is 2.90. The van der Waals surface area contributed by atoms with E-state index >= 15 is 0 Å². The van der Waals surface area contributed by atoms with Gasteiger partial charge in [0.2, 0.25) is 0 Å². The van der Waals surface area contributed by atoms with Crippen molar-refractivity contribution in [3.8, 4) is 6.07 Å². The van der Waals surface area contributed by atoms with E-state index in [0.29, 0.717) is 5.92 Å². The van der Waals surface area contributed by atoms with E-state index in [1.807, 2.05) is 0 Å². The van der Waals surface area contributed by atoms with Crippen LogP contribution in [-0.4, -0.2) is 37.1 Å². The second-order valence-electron chi connectivity index (χ2n) is 4.94. The van der Waals surface area contributed by atoms with Crippen LogP contribution < -0.4 is 5.32 Å². The smallest absolute Gasteiger partial charge is 0.110 e. The molecule has 0 bridgehead atoms. The van der Waals surface area contributed by atoms with Gasteiger partial charge in [-0.25, -0.2) is 0 Å². The van der Waals surface area contributed by atoms with Crippen LogP contribution >= 0.6 is 0 Å². The van der Waals surface area contributed by atoms with Crippen LogP contribution in [0, 0.1) is 11.3 Å². The Bertz CT molecular complexity index is 449. The van der Waals surface area contributed by atoms with E-state index in [1.54, 1.807) is 0 Å². The Morgan fingerprint density at radius 2 is 2.29 bits per heavy atom. The van der Waals surface area contributed by atoms with E-state index in [4.69, 9.17) is 5.26 Å². The molecule has 1 N–H and O–H groups in total. The first-order chi connectivity index (χ1) is 8.38. The number of hydrogen-bond acceptors (Lipinski definition) is 3. The number of nitriles is 1. The third-order valence-corrected chi connectivity index (χ3v) is 3.92. The molecule has 1 fully saturated rings. The summed E-state index contributed by atoms with van der Waals surface area (Å²) in [6, 6.07) is 11.1. The van der Waals surface area contributed by atoms with Gasteiger partial charge in [-0.1, -0.05) is 24.3 Å². The highest BCUT2D eigenvalue weighted by Crippen LogP contribution is 2.35. The zero-order valence-electron chi connectivity index (χ0n) is 9.89. The van der Waals surface area contributed by atoms with Crippen molar-refractivity contribution in [1.82, 2.24) is 10.2 Å². The first-order valence-corrected chi connectivity index (χ1v) is 6.30. The van der Waals surface area contributed by atoms with E-state index in [2.05, 4.69) is 40.6 Å². The van der Waals surface area contributed by atoms with Crippen molar-refractivity contribution in [2.45, 2.75) is 18.4 Å². The number of piperazine rings is 1. The van der Waals surface area contributed by atoms with Crippen molar-refractivity contribution in [3.63, 3.8) is 0 Å².